The largest absolute Gasteiger partial charge is 0.480 e. The van der Waals surface area contributed by atoms with Crippen LogP contribution in [0.15, 0.2) is 33.9 Å². The maximum atomic E-state index is 11.5. The molecule has 2 N–H and O–H groups in total. The van der Waals surface area contributed by atoms with Crippen molar-refractivity contribution in [2.45, 2.75) is 36.6 Å². The van der Waals surface area contributed by atoms with Crippen molar-refractivity contribution in [3.63, 3.8) is 0 Å². The van der Waals surface area contributed by atoms with Gasteiger partial charge in [0.05, 0.1) is 0 Å². The number of oxazole rings is 1. The Kier molecular flexibility index (Phi) is 3.43. The van der Waals surface area contributed by atoms with Crippen LogP contribution in [0, 0.1) is 0 Å². The van der Waals surface area contributed by atoms with E-state index in [9.17, 15) is 9.90 Å². The lowest BCUT2D eigenvalue weighted by atomic mass is 10.1. The van der Waals surface area contributed by atoms with Gasteiger partial charge in [-0.2, -0.15) is 0 Å². The molecule has 106 valence electrons. The van der Waals surface area contributed by atoms with Gasteiger partial charge < -0.3 is 9.52 Å². The summed E-state index contributed by atoms with van der Waals surface area (Å²) in [5.74, 6) is -0.459. The van der Waals surface area contributed by atoms with E-state index in [0.717, 1.165) is 23.9 Å². The number of benzene rings is 1. The summed E-state index contributed by atoms with van der Waals surface area (Å²) < 4.78 is 5.59. The molecule has 0 amide bonds. The Labute approximate surface area is 120 Å². The highest BCUT2D eigenvalue weighted by Gasteiger charge is 2.38. The highest BCUT2D eigenvalue weighted by molar-refractivity contribution is 7.99. The summed E-state index contributed by atoms with van der Waals surface area (Å²) in [7, 11) is 0. The number of thioether (sulfide) groups is 1. The van der Waals surface area contributed by atoms with Gasteiger partial charge >= 0.3 is 5.97 Å². The average Bonchev–Trinajstić information content (AvgIpc) is 3.12. The average molecular weight is 292 g/mol. The molecule has 1 aliphatic carbocycles. The van der Waals surface area contributed by atoms with E-state index in [1.54, 1.807) is 6.92 Å². The van der Waals surface area contributed by atoms with Gasteiger partial charge in [-0.1, -0.05) is 23.9 Å². The summed E-state index contributed by atoms with van der Waals surface area (Å²) in [6.45, 7) is 1.71. The number of hydrogen-bond acceptors (Lipinski definition) is 5. The number of nitrogens with one attached hydrogen (secondary N) is 1. The molecule has 5 nitrogen and oxygen atoms in total. The first-order valence-electron chi connectivity index (χ1n) is 6.56. The van der Waals surface area contributed by atoms with Gasteiger partial charge in [0, 0.05) is 11.8 Å². The summed E-state index contributed by atoms with van der Waals surface area (Å²) in [6, 6.07) is 7.85. The maximum absolute atomic E-state index is 11.5. The Morgan fingerprint density at radius 1 is 1.55 bits per heavy atom. The van der Waals surface area contributed by atoms with Crippen LogP contribution in [-0.2, 0) is 4.79 Å². The zero-order valence-electron chi connectivity index (χ0n) is 11.1. The van der Waals surface area contributed by atoms with E-state index in [1.165, 1.54) is 11.8 Å². The van der Waals surface area contributed by atoms with Gasteiger partial charge in [-0.3, -0.25) is 10.1 Å². The first-order chi connectivity index (χ1) is 9.57. The van der Waals surface area contributed by atoms with Gasteiger partial charge in [0.25, 0.3) is 5.22 Å². The van der Waals surface area contributed by atoms with Gasteiger partial charge in [0.15, 0.2) is 5.58 Å². The van der Waals surface area contributed by atoms with E-state index in [-0.39, 0.29) is 0 Å². The minimum absolute atomic E-state index is 0.334. The van der Waals surface area contributed by atoms with E-state index in [0.29, 0.717) is 17.0 Å². The van der Waals surface area contributed by atoms with Crippen molar-refractivity contribution >= 4 is 28.8 Å². The Balaban J connectivity index is 1.71. The Morgan fingerprint density at radius 3 is 2.95 bits per heavy atom. The highest BCUT2D eigenvalue weighted by atomic mass is 32.2. The lowest BCUT2D eigenvalue weighted by Gasteiger charge is -2.25. The van der Waals surface area contributed by atoms with Crippen LogP contribution in [0.2, 0.25) is 0 Å². The molecule has 6 heteroatoms. The molecule has 20 heavy (non-hydrogen) atoms. The summed E-state index contributed by atoms with van der Waals surface area (Å²) >= 11 is 1.33. The number of fused-ring (bicyclic) bond motifs is 1. The number of rotatable bonds is 6. The molecule has 1 saturated carbocycles. The van der Waals surface area contributed by atoms with Crippen LogP contribution in [0.25, 0.3) is 11.1 Å². The maximum Gasteiger partial charge on any atom is 0.324 e. The molecule has 0 aliphatic heterocycles. The smallest absolute Gasteiger partial charge is 0.324 e. The van der Waals surface area contributed by atoms with E-state index in [4.69, 9.17) is 4.42 Å². The minimum atomic E-state index is -0.952. The second-order valence-corrected chi connectivity index (χ2v) is 6.22. The van der Waals surface area contributed by atoms with Gasteiger partial charge in [-0.25, -0.2) is 4.98 Å². The second-order valence-electron chi connectivity index (χ2n) is 5.29. The van der Waals surface area contributed by atoms with Crippen molar-refractivity contribution in [3.05, 3.63) is 24.3 Å². The molecule has 0 bridgehead atoms. The third-order valence-corrected chi connectivity index (χ3v) is 4.47. The molecule has 1 unspecified atom stereocenters. The highest BCUT2D eigenvalue weighted by Crippen LogP contribution is 2.29. The van der Waals surface area contributed by atoms with Gasteiger partial charge in [0.2, 0.25) is 0 Å². The van der Waals surface area contributed by atoms with E-state index in [2.05, 4.69) is 10.3 Å². The topological polar surface area (TPSA) is 75.4 Å². The molecule has 1 aromatic carbocycles. The molecule has 3 rings (SSSR count). The third kappa shape index (κ3) is 2.81. The number of aliphatic carboxylic acids is 1. The summed E-state index contributed by atoms with van der Waals surface area (Å²) in [5.41, 5.74) is 0.566. The van der Waals surface area contributed by atoms with E-state index in [1.807, 2.05) is 24.3 Å². The fourth-order valence-electron chi connectivity index (χ4n) is 1.96. The Morgan fingerprint density at radius 2 is 2.30 bits per heavy atom. The van der Waals surface area contributed by atoms with Crippen molar-refractivity contribution < 1.29 is 14.3 Å². The molecule has 1 aliphatic rings. The fraction of sp³-hybridized carbons (Fsp3) is 0.429. The van der Waals surface area contributed by atoms with Crippen LogP contribution in [0.1, 0.15) is 19.8 Å². The van der Waals surface area contributed by atoms with Crippen molar-refractivity contribution in [1.82, 2.24) is 10.3 Å². The summed E-state index contributed by atoms with van der Waals surface area (Å²) in [4.78, 5) is 15.8. The van der Waals surface area contributed by atoms with Gasteiger partial charge in [-0.15, -0.1) is 0 Å². The fourth-order valence-corrected chi connectivity index (χ4v) is 2.89. The molecule has 0 saturated heterocycles. The van der Waals surface area contributed by atoms with Crippen LogP contribution in [-0.4, -0.2) is 33.4 Å². The van der Waals surface area contributed by atoms with Gasteiger partial charge in [0.1, 0.15) is 11.1 Å². The van der Waals surface area contributed by atoms with Crippen LogP contribution < -0.4 is 5.32 Å². The molecule has 1 fully saturated rings. The first kappa shape index (κ1) is 13.5. The monoisotopic (exact) mass is 292 g/mol. The van der Waals surface area contributed by atoms with Crippen molar-refractivity contribution in [2.24, 2.45) is 0 Å². The molecule has 2 aromatic rings. The van der Waals surface area contributed by atoms with Crippen molar-refractivity contribution in [1.29, 1.82) is 0 Å². The standard InChI is InChI=1S/C14H16N2O3S/c1-14(12(17)18,16-9-6-7-9)8-20-13-15-10-4-2-3-5-11(10)19-13/h2-5,9,16H,6-8H2,1H3,(H,17,18). The normalized spacial score (nSPS) is 18.1. The summed E-state index contributed by atoms with van der Waals surface area (Å²) in [5, 5.41) is 13.1. The number of para-hydroxylation sites is 2. The van der Waals surface area contributed by atoms with E-state index < -0.39 is 11.5 Å². The third-order valence-electron chi connectivity index (χ3n) is 3.33. The second kappa shape index (κ2) is 5.10. The van der Waals surface area contributed by atoms with E-state index >= 15 is 0 Å². The number of hydrogen-bond donors (Lipinski definition) is 2. The predicted octanol–water partition coefficient (Wildman–Crippen LogP) is 2.52. The first-order valence-corrected chi connectivity index (χ1v) is 7.55. The Hall–Kier alpha value is -1.53. The zero-order chi connectivity index (χ0) is 14.2. The van der Waals surface area contributed by atoms with Crippen molar-refractivity contribution in [3.8, 4) is 0 Å². The quantitative estimate of drug-likeness (QED) is 0.797. The number of carboxylic acid groups (broad SMARTS) is 1. The lowest BCUT2D eigenvalue weighted by Crippen LogP contribution is -2.52. The molecular weight excluding hydrogens is 276 g/mol. The SMILES string of the molecule is CC(CSc1nc2ccccc2o1)(NC1CC1)C(=O)O. The molecule has 1 heterocycles. The van der Waals surface area contributed by atoms with Crippen molar-refractivity contribution in [2.75, 3.05) is 5.75 Å². The summed E-state index contributed by atoms with van der Waals surface area (Å²) in [6.07, 6.45) is 2.10. The number of carbonyl (C=O) groups is 1. The number of carboxylic acids is 1. The predicted molar refractivity (Wildman–Crippen MR) is 76.9 cm³/mol. The molecule has 1 atom stereocenters. The van der Waals surface area contributed by atoms with Crippen LogP contribution in [0.3, 0.4) is 0 Å². The number of aromatic nitrogens is 1. The number of nitrogens with zero attached hydrogens (tertiary/aromatic N) is 1. The van der Waals surface area contributed by atoms with Gasteiger partial charge in [-0.05, 0) is 31.9 Å². The Bertz CT molecular complexity index is 605. The van der Waals surface area contributed by atoms with Crippen LogP contribution in [0.5, 0.6) is 0 Å². The zero-order valence-corrected chi connectivity index (χ0v) is 11.9. The minimum Gasteiger partial charge on any atom is -0.480 e. The molecule has 0 spiro atoms. The van der Waals surface area contributed by atoms with Crippen LogP contribution >= 0.6 is 11.8 Å². The lowest BCUT2D eigenvalue weighted by molar-refractivity contribution is -0.143. The molecule has 1 aromatic heterocycles. The molecular formula is C14H16N2O3S. The molecule has 0 radical (unpaired) electrons. The van der Waals surface area contributed by atoms with Crippen LogP contribution in [0.4, 0.5) is 0 Å².